The monoisotopic (exact) mass is 529 g/mol. The van der Waals surface area contributed by atoms with Crippen molar-refractivity contribution >= 4 is 32.1 Å². The van der Waals surface area contributed by atoms with Gasteiger partial charge < -0.3 is 10.1 Å². The average Bonchev–Trinajstić information content (AvgIpc) is 3.50. The first-order chi connectivity index (χ1) is 18.2. The molecule has 190 valence electrons. The van der Waals surface area contributed by atoms with E-state index in [0.717, 1.165) is 6.26 Å². The third-order valence-electron chi connectivity index (χ3n) is 5.97. The molecular weight excluding hydrogens is 509 g/mol. The van der Waals surface area contributed by atoms with Crippen LogP contribution < -0.4 is 4.72 Å². The Hall–Kier alpha value is -4.68. The van der Waals surface area contributed by atoms with Crippen molar-refractivity contribution in [3.05, 3.63) is 78.4 Å². The van der Waals surface area contributed by atoms with E-state index in [1.54, 1.807) is 24.4 Å². The molecule has 0 spiro atoms. The highest BCUT2D eigenvalue weighted by atomic mass is 32.2. The number of aromatic amines is 2. The number of halogens is 1. The Morgan fingerprint density at radius 2 is 1.84 bits per heavy atom. The maximum Gasteiger partial charge on any atom is 0.209 e. The molecule has 38 heavy (non-hydrogen) atoms. The summed E-state index contributed by atoms with van der Waals surface area (Å²) >= 11 is 0. The van der Waals surface area contributed by atoms with Gasteiger partial charge in [0.2, 0.25) is 10.0 Å². The van der Waals surface area contributed by atoms with Crippen LogP contribution in [0.15, 0.2) is 67.0 Å². The molecule has 0 saturated carbocycles. The molecule has 4 aromatic heterocycles. The molecule has 0 radical (unpaired) electrons. The molecular formula is C26H20FN7O3S. The van der Waals surface area contributed by atoms with E-state index in [0.29, 0.717) is 61.5 Å². The van der Waals surface area contributed by atoms with E-state index in [9.17, 15) is 17.9 Å². The molecule has 4 N–H and O–H groups in total. The van der Waals surface area contributed by atoms with Gasteiger partial charge in [-0.25, -0.2) is 27.5 Å². The number of rotatable bonds is 6. The smallest absolute Gasteiger partial charge is 0.209 e. The first kappa shape index (κ1) is 23.7. The van der Waals surface area contributed by atoms with E-state index in [4.69, 9.17) is 9.97 Å². The van der Waals surface area contributed by atoms with Gasteiger partial charge in [0.15, 0.2) is 11.5 Å². The van der Waals surface area contributed by atoms with Crippen LogP contribution in [-0.4, -0.2) is 49.9 Å². The van der Waals surface area contributed by atoms with E-state index in [2.05, 4.69) is 24.9 Å². The highest BCUT2D eigenvalue weighted by molar-refractivity contribution is 7.88. The predicted molar refractivity (Wildman–Crippen MR) is 141 cm³/mol. The number of fused-ring (bicyclic) bond motifs is 2. The number of pyridine rings is 2. The number of hydrogen-bond acceptors (Lipinski definition) is 7. The fourth-order valence-electron chi connectivity index (χ4n) is 4.29. The Balaban J connectivity index is 1.43. The number of sulfonamides is 1. The maximum atomic E-state index is 14.5. The van der Waals surface area contributed by atoms with Crippen molar-refractivity contribution in [2.45, 2.75) is 6.54 Å². The van der Waals surface area contributed by atoms with Crippen LogP contribution in [0.4, 0.5) is 4.39 Å². The lowest BCUT2D eigenvalue weighted by Gasteiger charge is -2.08. The molecule has 6 aromatic rings. The second-order valence-corrected chi connectivity index (χ2v) is 10.7. The molecule has 0 aliphatic carbocycles. The number of benzene rings is 2. The van der Waals surface area contributed by atoms with E-state index in [1.165, 1.54) is 18.3 Å². The molecule has 12 heteroatoms. The second kappa shape index (κ2) is 9.01. The van der Waals surface area contributed by atoms with Crippen molar-refractivity contribution in [2.75, 3.05) is 6.26 Å². The molecule has 0 amide bonds. The van der Waals surface area contributed by atoms with E-state index >= 15 is 0 Å². The maximum absolute atomic E-state index is 14.5. The van der Waals surface area contributed by atoms with Gasteiger partial charge in [-0.15, -0.1) is 0 Å². The molecule has 0 unspecified atom stereocenters. The largest absolute Gasteiger partial charge is 0.506 e. The minimum atomic E-state index is -3.43. The number of aromatic hydroxyl groups is 1. The normalized spacial score (nSPS) is 11.9. The molecule has 0 aliphatic rings. The Kier molecular flexibility index (Phi) is 5.62. The van der Waals surface area contributed by atoms with Gasteiger partial charge in [0.25, 0.3) is 0 Å². The Bertz CT molecular complexity index is 1950. The number of nitrogens with one attached hydrogen (secondary N) is 3. The van der Waals surface area contributed by atoms with Gasteiger partial charge in [0.05, 0.1) is 34.7 Å². The number of H-pyrrole nitrogens is 2. The average molecular weight is 530 g/mol. The SMILES string of the molecule is CS(=O)(=O)NCc1cc(F)cc(-c2cccc3[nH]c(-c4n[nH]c5ccc(-c6cncc(O)c6)nc45)nc23)c1. The topological polar surface area (TPSA) is 150 Å². The molecule has 4 heterocycles. The van der Waals surface area contributed by atoms with E-state index in [1.807, 2.05) is 24.3 Å². The van der Waals surface area contributed by atoms with Crippen molar-refractivity contribution < 1.29 is 17.9 Å². The van der Waals surface area contributed by atoms with E-state index < -0.39 is 15.8 Å². The lowest BCUT2D eigenvalue weighted by molar-refractivity contribution is 0.473. The van der Waals surface area contributed by atoms with Gasteiger partial charge in [-0.1, -0.05) is 12.1 Å². The van der Waals surface area contributed by atoms with Gasteiger partial charge in [-0.05, 0) is 53.6 Å². The molecule has 2 aromatic carbocycles. The summed E-state index contributed by atoms with van der Waals surface area (Å²) in [5.41, 5.74) is 6.04. The third kappa shape index (κ3) is 4.58. The van der Waals surface area contributed by atoms with Crippen molar-refractivity contribution in [1.82, 2.24) is 34.9 Å². The van der Waals surface area contributed by atoms with Crippen molar-refractivity contribution in [3.8, 4) is 39.7 Å². The van der Waals surface area contributed by atoms with Gasteiger partial charge in [-0.2, -0.15) is 5.10 Å². The van der Waals surface area contributed by atoms with Gasteiger partial charge in [0, 0.05) is 23.9 Å². The summed E-state index contributed by atoms with van der Waals surface area (Å²) < 4.78 is 39.9. The Morgan fingerprint density at radius 1 is 0.974 bits per heavy atom. The molecule has 0 atom stereocenters. The van der Waals surface area contributed by atoms with Crippen LogP contribution >= 0.6 is 0 Å². The number of nitrogens with zero attached hydrogens (tertiary/aromatic N) is 4. The summed E-state index contributed by atoms with van der Waals surface area (Å²) in [5.74, 6) is 0.0130. The van der Waals surface area contributed by atoms with Crippen LogP contribution in [0.3, 0.4) is 0 Å². The fraction of sp³-hybridized carbons (Fsp3) is 0.0769. The standard InChI is InChI=1S/C26H20FN7O3S/c1-38(36,37)29-11-14-7-15(9-17(27)8-14)19-3-2-4-21-23(19)32-26(31-21)25-24-22(33-34-25)6-5-20(30-24)16-10-18(35)13-28-12-16/h2-10,12-13,29,35H,11H2,1H3,(H,31,32)(H,33,34). The second-order valence-electron chi connectivity index (χ2n) is 8.83. The third-order valence-corrected chi connectivity index (χ3v) is 6.64. The minimum absolute atomic E-state index is 0.0344. The van der Waals surface area contributed by atoms with Crippen LogP contribution in [0.25, 0.3) is 56.0 Å². The zero-order chi connectivity index (χ0) is 26.4. The number of imidazole rings is 1. The summed E-state index contributed by atoms with van der Waals surface area (Å²) in [6.45, 7) is -0.0344. The van der Waals surface area contributed by atoms with Gasteiger partial charge in [0.1, 0.15) is 17.1 Å². The van der Waals surface area contributed by atoms with Gasteiger partial charge in [-0.3, -0.25) is 10.1 Å². The summed E-state index contributed by atoms with van der Waals surface area (Å²) in [7, 11) is -3.43. The number of para-hydroxylation sites is 1. The van der Waals surface area contributed by atoms with Crippen LogP contribution in [-0.2, 0) is 16.6 Å². The minimum Gasteiger partial charge on any atom is -0.506 e. The summed E-state index contributed by atoms with van der Waals surface area (Å²) in [6.07, 6.45) is 4.01. The molecule has 6 rings (SSSR count). The van der Waals surface area contributed by atoms with Crippen molar-refractivity contribution in [3.63, 3.8) is 0 Å². The summed E-state index contributed by atoms with van der Waals surface area (Å²) in [5, 5.41) is 17.2. The Labute approximate surface area is 215 Å². The first-order valence-electron chi connectivity index (χ1n) is 11.5. The van der Waals surface area contributed by atoms with Gasteiger partial charge >= 0.3 is 0 Å². The van der Waals surface area contributed by atoms with Crippen LogP contribution in [0.1, 0.15) is 5.56 Å². The zero-order valence-corrected chi connectivity index (χ0v) is 20.7. The summed E-state index contributed by atoms with van der Waals surface area (Å²) in [4.78, 5) is 16.8. The molecule has 0 fully saturated rings. The molecule has 0 aliphatic heterocycles. The molecule has 0 saturated heterocycles. The first-order valence-corrected chi connectivity index (χ1v) is 13.4. The fourth-order valence-corrected chi connectivity index (χ4v) is 4.72. The highest BCUT2D eigenvalue weighted by Crippen LogP contribution is 2.32. The van der Waals surface area contributed by atoms with Crippen molar-refractivity contribution in [1.29, 1.82) is 0 Å². The number of hydrogen-bond donors (Lipinski definition) is 4. The Morgan fingerprint density at radius 3 is 2.66 bits per heavy atom. The van der Waals surface area contributed by atoms with Crippen molar-refractivity contribution in [2.24, 2.45) is 0 Å². The summed E-state index contributed by atoms with van der Waals surface area (Å²) in [6, 6.07) is 15.1. The quantitative estimate of drug-likeness (QED) is 0.253. The lowest BCUT2D eigenvalue weighted by atomic mass is 10.0. The number of aromatic nitrogens is 6. The van der Waals surface area contributed by atoms with Crippen LogP contribution in [0.2, 0.25) is 0 Å². The lowest BCUT2D eigenvalue weighted by Crippen LogP contribution is -2.21. The highest BCUT2D eigenvalue weighted by Gasteiger charge is 2.17. The predicted octanol–water partition coefficient (Wildman–Crippen LogP) is 4.12. The van der Waals surface area contributed by atoms with Crippen LogP contribution in [0, 0.1) is 5.82 Å². The van der Waals surface area contributed by atoms with E-state index in [-0.39, 0.29) is 12.3 Å². The molecule has 10 nitrogen and oxygen atoms in total. The molecule has 0 bridgehead atoms. The zero-order valence-electron chi connectivity index (χ0n) is 19.9. The van der Waals surface area contributed by atoms with Crippen LogP contribution in [0.5, 0.6) is 5.75 Å².